The van der Waals surface area contributed by atoms with E-state index in [1.165, 1.54) is 16.7 Å². The van der Waals surface area contributed by atoms with Crippen LogP contribution in [-0.4, -0.2) is 40.5 Å². The number of thiocarbonyl (C=S) groups is 1. The molecule has 7 nitrogen and oxygen atoms in total. The van der Waals surface area contributed by atoms with Crippen LogP contribution in [0.1, 0.15) is 40.1 Å². The van der Waals surface area contributed by atoms with Crippen LogP contribution in [0.5, 0.6) is 5.75 Å². The van der Waals surface area contributed by atoms with Crippen LogP contribution in [0.3, 0.4) is 0 Å². The van der Waals surface area contributed by atoms with Crippen molar-refractivity contribution in [2.24, 2.45) is 0 Å². The lowest BCUT2D eigenvalue weighted by Gasteiger charge is -2.14. The number of aryl methyl sites for hydroxylation is 1. The predicted octanol–water partition coefficient (Wildman–Crippen LogP) is 7.36. The Morgan fingerprint density at radius 3 is 2.61 bits per heavy atom. The smallest absolute Gasteiger partial charge is 0.266 e. The van der Waals surface area contributed by atoms with Crippen molar-refractivity contribution in [3.8, 4) is 5.75 Å². The van der Waals surface area contributed by atoms with Crippen molar-refractivity contribution in [3.63, 3.8) is 0 Å². The summed E-state index contributed by atoms with van der Waals surface area (Å²) in [5.74, 6) is -0.220. The minimum Gasteiger partial charge on any atom is -0.496 e. The highest BCUT2D eigenvalue weighted by Crippen LogP contribution is 2.35. The fourth-order valence-electron chi connectivity index (χ4n) is 4.37. The van der Waals surface area contributed by atoms with Gasteiger partial charge in [0.05, 0.1) is 22.2 Å². The minimum absolute atomic E-state index is 0.0369. The summed E-state index contributed by atoms with van der Waals surface area (Å²) in [6.45, 7) is 2.31. The van der Waals surface area contributed by atoms with Crippen LogP contribution in [0, 0.1) is 6.92 Å². The van der Waals surface area contributed by atoms with Crippen molar-refractivity contribution in [1.82, 2.24) is 4.90 Å². The van der Waals surface area contributed by atoms with Gasteiger partial charge >= 0.3 is 0 Å². The molecule has 2 heterocycles. The molecule has 41 heavy (non-hydrogen) atoms. The van der Waals surface area contributed by atoms with Gasteiger partial charge in [-0.05, 0) is 71.2 Å². The van der Waals surface area contributed by atoms with Crippen LogP contribution < -0.4 is 10.1 Å². The molecule has 1 aliphatic heterocycles. The summed E-state index contributed by atoms with van der Waals surface area (Å²) < 4.78 is 12.3. The van der Waals surface area contributed by atoms with E-state index in [9.17, 15) is 14.4 Å². The third kappa shape index (κ3) is 6.29. The number of carbonyl (C=O) groups is 3. The number of anilines is 1. The van der Waals surface area contributed by atoms with Crippen LogP contribution in [0.15, 0.2) is 80.5 Å². The van der Waals surface area contributed by atoms with E-state index in [1.807, 2.05) is 43.3 Å². The number of para-hydroxylation sites is 1. The van der Waals surface area contributed by atoms with Gasteiger partial charge in [-0.3, -0.25) is 19.3 Å². The molecule has 0 unspecified atom stereocenters. The number of nitrogens with one attached hydrogen (secondary N) is 1. The fraction of sp³-hybridized carbons (Fsp3) is 0.161. The molecule has 1 N–H and O–H groups in total. The lowest BCUT2D eigenvalue weighted by atomic mass is 10.1. The molecule has 3 aromatic carbocycles. The zero-order chi connectivity index (χ0) is 29.1. The number of methoxy groups -OCH3 is 1. The number of hydrogen-bond donors (Lipinski definition) is 1. The van der Waals surface area contributed by atoms with E-state index in [4.69, 9.17) is 21.4 Å². The third-order valence-corrected chi connectivity index (χ3v) is 8.51. The molecule has 0 spiro atoms. The van der Waals surface area contributed by atoms with Gasteiger partial charge in [-0.2, -0.15) is 0 Å². The second kappa shape index (κ2) is 12.4. The SMILES string of the molecule is COc1ccc(C(=O)c2oc3ccccc3c2NC(=O)CCCN2C(=O)/C(=C/c3ccc(C)cc3)SC2=S)cc1Br. The van der Waals surface area contributed by atoms with Crippen molar-refractivity contribution in [2.75, 3.05) is 19.0 Å². The number of halogens is 1. The summed E-state index contributed by atoms with van der Waals surface area (Å²) in [5, 5.41) is 3.49. The molecule has 10 heteroatoms. The largest absolute Gasteiger partial charge is 0.496 e. The molecule has 1 aliphatic rings. The first kappa shape index (κ1) is 28.8. The van der Waals surface area contributed by atoms with E-state index < -0.39 is 0 Å². The van der Waals surface area contributed by atoms with Crippen molar-refractivity contribution in [2.45, 2.75) is 19.8 Å². The van der Waals surface area contributed by atoms with Gasteiger partial charge in [0.1, 0.15) is 15.7 Å². The Hall–Kier alpha value is -3.73. The molecule has 4 aromatic rings. The molecule has 2 amide bonds. The van der Waals surface area contributed by atoms with E-state index in [2.05, 4.69) is 21.2 Å². The lowest BCUT2D eigenvalue weighted by Crippen LogP contribution is -2.29. The number of ether oxygens (including phenoxy) is 1. The Labute approximate surface area is 255 Å². The molecule has 208 valence electrons. The number of ketones is 1. The summed E-state index contributed by atoms with van der Waals surface area (Å²) in [4.78, 5) is 41.5. The predicted molar refractivity (Wildman–Crippen MR) is 169 cm³/mol. The molecule has 0 aliphatic carbocycles. The number of furan rings is 1. The summed E-state index contributed by atoms with van der Waals surface area (Å²) >= 11 is 10.1. The number of rotatable bonds is 9. The molecule has 0 saturated carbocycles. The summed E-state index contributed by atoms with van der Waals surface area (Å²) in [6.07, 6.45) is 2.34. The maximum Gasteiger partial charge on any atom is 0.266 e. The van der Waals surface area contributed by atoms with Crippen molar-refractivity contribution in [1.29, 1.82) is 0 Å². The number of hydrogen-bond acceptors (Lipinski definition) is 7. The fourth-order valence-corrected chi connectivity index (χ4v) is 6.22. The molecule has 0 atom stereocenters. The molecule has 5 rings (SSSR count). The molecule has 0 radical (unpaired) electrons. The Kier molecular flexibility index (Phi) is 8.72. The van der Waals surface area contributed by atoms with Crippen molar-refractivity contribution < 1.29 is 23.5 Å². The van der Waals surface area contributed by atoms with Gasteiger partial charge in [0.25, 0.3) is 5.91 Å². The van der Waals surface area contributed by atoms with Crippen LogP contribution in [0.4, 0.5) is 5.69 Å². The maximum atomic E-state index is 13.4. The average molecular weight is 650 g/mol. The van der Waals surface area contributed by atoms with Gasteiger partial charge in [0.15, 0.2) is 5.76 Å². The van der Waals surface area contributed by atoms with Gasteiger partial charge < -0.3 is 14.5 Å². The molecule has 1 aromatic heterocycles. The first-order valence-electron chi connectivity index (χ1n) is 12.8. The summed E-state index contributed by atoms with van der Waals surface area (Å²) in [5.41, 5.74) is 3.24. The van der Waals surface area contributed by atoms with E-state index in [0.717, 1.165) is 11.1 Å². The average Bonchev–Trinajstić information content (AvgIpc) is 3.45. The Bertz CT molecular complexity index is 1710. The zero-order valence-electron chi connectivity index (χ0n) is 22.2. The number of nitrogens with zero attached hydrogens (tertiary/aromatic N) is 1. The standard InChI is InChI=1S/C31H25BrN2O5S2/c1-18-9-11-19(12-10-18)16-25-30(37)34(31(40)41-25)15-5-8-26(35)33-27-21-6-3-4-7-23(21)39-29(27)28(36)20-13-14-24(38-2)22(32)17-20/h3-4,6-7,9-14,16-17H,5,8,15H2,1-2H3,(H,33,35)/b25-16-. The minimum atomic E-state index is -0.377. The van der Waals surface area contributed by atoms with E-state index in [-0.39, 0.29) is 29.8 Å². The highest BCUT2D eigenvalue weighted by molar-refractivity contribution is 9.10. The monoisotopic (exact) mass is 648 g/mol. The van der Waals surface area contributed by atoms with Gasteiger partial charge in [0, 0.05) is 23.9 Å². The summed E-state index contributed by atoms with van der Waals surface area (Å²) in [6, 6.07) is 20.0. The first-order valence-corrected chi connectivity index (χ1v) is 14.8. The Balaban J connectivity index is 1.27. The lowest BCUT2D eigenvalue weighted by molar-refractivity contribution is -0.122. The highest BCUT2D eigenvalue weighted by Gasteiger charge is 2.32. The highest BCUT2D eigenvalue weighted by atomic mass is 79.9. The second-order valence-electron chi connectivity index (χ2n) is 9.38. The van der Waals surface area contributed by atoms with Crippen molar-refractivity contribution in [3.05, 3.63) is 98.6 Å². The van der Waals surface area contributed by atoms with Gasteiger partial charge in [-0.1, -0.05) is 65.9 Å². The summed E-state index contributed by atoms with van der Waals surface area (Å²) in [7, 11) is 1.54. The molecular weight excluding hydrogens is 624 g/mol. The molecule has 1 fully saturated rings. The zero-order valence-corrected chi connectivity index (χ0v) is 25.5. The van der Waals surface area contributed by atoms with E-state index in [0.29, 0.717) is 54.6 Å². The van der Waals surface area contributed by atoms with Crippen LogP contribution in [0.25, 0.3) is 17.0 Å². The van der Waals surface area contributed by atoms with Gasteiger partial charge in [-0.15, -0.1) is 0 Å². The van der Waals surface area contributed by atoms with Crippen LogP contribution in [0.2, 0.25) is 0 Å². The Morgan fingerprint density at radius 2 is 1.88 bits per heavy atom. The quantitative estimate of drug-likeness (QED) is 0.115. The topological polar surface area (TPSA) is 88.8 Å². The molecular formula is C31H25BrN2O5S2. The molecule has 0 bridgehead atoms. The first-order chi connectivity index (χ1) is 19.7. The number of amides is 2. The number of benzene rings is 3. The van der Waals surface area contributed by atoms with Gasteiger partial charge in [0.2, 0.25) is 11.7 Å². The van der Waals surface area contributed by atoms with E-state index in [1.54, 1.807) is 43.5 Å². The molecule has 1 saturated heterocycles. The van der Waals surface area contributed by atoms with Crippen LogP contribution in [-0.2, 0) is 9.59 Å². The normalized spacial score (nSPS) is 14.2. The maximum absolute atomic E-state index is 13.4. The number of fused-ring (bicyclic) bond motifs is 1. The van der Waals surface area contributed by atoms with Crippen molar-refractivity contribution >= 4 is 84.6 Å². The number of thioether (sulfide) groups is 1. The third-order valence-electron chi connectivity index (χ3n) is 6.51. The Morgan fingerprint density at radius 1 is 1.12 bits per heavy atom. The van der Waals surface area contributed by atoms with E-state index >= 15 is 0 Å². The van der Waals surface area contributed by atoms with Gasteiger partial charge in [-0.25, -0.2) is 0 Å². The number of carbonyl (C=O) groups excluding carboxylic acids is 3. The second-order valence-corrected chi connectivity index (χ2v) is 11.9. The van der Waals surface area contributed by atoms with Crippen LogP contribution >= 0.6 is 39.9 Å².